The van der Waals surface area contributed by atoms with Gasteiger partial charge in [0.25, 0.3) is 0 Å². The number of likely N-dealkylation sites (tertiary alicyclic amines) is 1. The molecule has 0 amide bonds. The van der Waals surface area contributed by atoms with Crippen LogP contribution in [-0.4, -0.2) is 61.3 Å². The average molecular weight is 198 g/mol. The molecule has 0 saturated carbocycles. The van der Waals surface area contributed by atoms with Crippen LogP contribution in [0.3, 0.4) is 0 Å². The van der Waals surface area contributed by atoms with Crippen LogP contribution in [0, 0.1) is 0 Å². The van der Waals surface area contributed by atoms with Gasteiger partial charge >= 0.3 is 0 Å². The summed E-state index contributed by atoms with van der Waals surface area (Å²) in [5.74, 6) is 0. The Morgan fingerprint density at radius 1 is 1.14 bits per heavy atom. The second kappa shape index (κ2) is 4.60. The molecular weight excluding hydrogens is 176 g/mol. The van der Waals surface area contributed by atoms with Crippen molar-refractivity contribution in [3.63, 3.8) is 0 Å². The maximum atomic E-state index is 5.46. The lowest BCUT2D eigenvalue weighted by atomic mass is 10.0. The molecule has 2 fully saturated rings. The Morgan fingerprint density at radius 2 is 1.93 bits per heavy atom. The summed E-state index contributed by atoms with van der Waals surface area (Å²) in [4.78, 5) is 5.14. The number of hydrogen-bond acceptors (Lipinski definition) is 3. The summed E-state index contributed by atoms with van der Waals surface area (Å²) in [7, 11) is 0. The number of nitrogens with zero attached hydrogens (tertiary/aromatic N) is 2. The summed E-state index contributed by atoms with van der Waals surface area (Å²) < 4.78 is 5.46. The minimum Gasteiger partial charge on any atom is -0.380 e. The van der Waals surface area contributed by atoms with Crippen molar-refractivity contribution in [3.8, 4) is 0 Å². The lowest BCUT2D eigenvalue weighted by Gasteiger charge is -2.47. The van der Waals surface area contributed by atoms with Gasteiger partial charge in [-0.2, -0.15) is 0 Å². The molecule has 0 bridgehead atoms. The number of hydrogen-bond donors (Lipinski definition) is 0. The summed E-state index contributed by atoms with van der Waals surface area (Å²) in [5, 5.41) is 0. The molecule has 14 heavy (non-hydrogen) atoms. The summed E-state index contributed by atoms with van der Waals surface area (Å²) in [6.45, 7) is 11.3. The van der Waals surface area contributed by atoms with Gasteiger partial charge in [-0.15, -0.1) is 0 Å². The summed E-state index contributed by atoms with van der Waals surface area (Å²) in [6, 6.07) is 1.52. The quantitative estimate of drug-likeness (QED) is 0.653. The van der Waals surface area contributed by atoms with Crippen LogP contribution < -0.4 is 0 Å². The lowest BCUT2D eigenvalue weighted by molar-refractivity contribution is 0.0128. The third-order valence-corrected chi connectivity index (χ3v) is 3.39. The van der Waals surface area contributed by atoms with Crippen molar-refractivity contribution in [1.82, 2.24) is 9.80 Å². The van der Waals surface area contributed by atoms with E-state index in [-0.39, 0.29) is 0 Å². The van der Waals surface area contributed by atoms with Crippen LogP contribution in [0.5, 0.6) is 0 Å². The number of rotatable bonds is 2. The molecular formula is C11H22N2O. The molecule has 0 aromatic heterocycles. The first kappa shape index (κ1) is 10.4. The first-order chi connectivity index (χ1) is 6.77. The second-order valence-corrected chi connectivity index (χ2v) is 4.70. The first-order valence-corrected chi connectivity index (χ1v) is 5.83. The molecule has 0 aliphatic carbocycles. The van der Waals surface area contributed by atoms with E-state index in [0.717, 1.165) is 31.8 Å². The van der Waals surface area contributed by atoms with Gasteiger partial charge < -0.3 is 4.74 Å². The van der Waals surface area contributed by atoms with E-state index < -0.39 is 0 Å². The van der Waals surface area contributed by atoms with E-state index in [0.29, 0.717) is 0 Å². The van der Waals surface area contributed by atoms with Gasteiger partial charge in [0.05, 0.1) is 6.61 Å². The predicted octanol–water partition coefficient (Wildman–Crippen LogP) is 0.801. The normalized spacial score (nSPS) is 27.6. The Kier molecular flexibility index (Phi) is 3.42. The standard InChI is InChI=1S/C11H22N2O/c1-10(2)13-8-11(9-13)12-4-3-6-14-7-5-12/h10-11H,3-9H2,1-2H3. The van der Waals surface area contributed by atoms with Crippen LogP contribution in [0.25, 0.3) is 0 Å². The maximum Gasteiger partial charge on any atom is 0.0593 e. The third-order valence-electron chi connectivity index (χ3n) is 3.39. The fraction of sp³-hybridized carbons (Fsp3) is 1.00. The van der Waals surface area contributed by atoms with E-state index in [1.807, 2.05) is 0 Å². The van der Waals surface area contributed by atoms with Gasteiger partial charge in [-0.05, 0) is 20.3 Å². The highest BCUT2D eigenvalue weighted by atomic mass is 16.5. The molecule has 2 rings (SSSR count). The molecule has 3 heteroatoms. The zero-order valence-corrected chi connectivity index (χ0v) is 9.41. The largest absolute Gasteiger partial charge is 0.380 e. The Morgan fingerprint density at radius 3 is 2.64 bits per heavy atom. The van der Waals surface area contributed by atoms with Crippen molar-refractivity contribution < 1.29 is 4.74 Å². The smallest absolute Gasteiger partial charge is 0.0593 e. The maximum absolute atomic E-state index is 5.46. The first-order valence-electron chi connectivity index (χ1n) is 5.83. The van der Waals surface area contributed by atoms with Crippen molar-refractivity contribution in [2.75, 3.05) is 39.4 Å². The third kappa shape index (κ3) is 2.27. The van der Waals surface area contributed by atoms with Crippen molar-refractivity contribution in [1.29, 1.82) is 0 Å². The van der Waals surface area contributed by atoms with Gasteiger partial charge in [0, 0.05) is 44.9 Å². The minimum absolute atomic E-state index is 0.717. The van der Waals surface area contributed by atoms with Crippen LogP contribution in [0.15, 0.2) is 0 Å². The fourth-order valence-electron chi connectivity index (χ4n) is 2.27. The number of ether oxygens (including phenoxy) is 1. The Balaban J connectivity index is 1.74. The molecule has 0 N–H and O–H groups in total. The highest BCUT2D eigenvalue weighted by Gasteiger charge is 2.32. The van der Waals surface area contributed by atoms with Crippen LogP contribution in [0.4, 0.5) is 0 Å². The van der Waals surface area contributed by atoms with Crippen molar-refractivity contribution in [2.45, 2.75) is 32.4 Å². The lowest BCUT2D eigenvalue weighted by Crippen LogP contribution is -2.61. The molecule has 2 saturated heterocycles. The van der Waals surface area contributed by atoms with Gasteiger partial charge in [0.2, 0.25) is 0 Å². The van der Waals surface area contributed by atoms with Crippen molar-refractivity contribution in [2.24, 2.45) is 0 Å². The van der Waals surface area contributed by atoms with E-state index >= 15 is 0 Å². The zero-order chi connectivity index (χ0) is 9.97. The van der Waals surface area contributed by atoms with E-state index in [2.05, 4.69) is 23.6 Å². The second-order valence-electron chi connectivity index (χ2n) is 4.70. The Bertz CT molecular complexity index is 170. The molecule has 0 unspecified atom stereocenters. The van der Waals surface area contributed by atoms with Crippen LogP contribution in [0.2, 0.25) is 0 Å². The van der Waals surface area contributed by atoms with E-state index in [1.54, 1.807) is 0 Å². The van der Waals surface area contributed by atoms with Crippen LogP contribution in [0.1, 0.15) is 20.3 Å². The van der Waals surface area contributed by atoms with Crippen LogP contribution in [-0.2, 0) is 4.74 Å². The predicted molar refractivity (Wildman–Crippen MR) is 57.5 cm³/mol. The van der Waals surface area contributed by atoms with E-state index in [9.17, 15) is 0 Å². The SMILES string of the molecule is CC(C)N1CC(N2CCCOCC2)C1. The zero-order valence-electron chi connectivity index (χ0n) is 9.41. The summed E-state index contributed by atoms with van der Waals surface area (Å²) in [5.41, 5.74) is 0. The Hall–Kier alpha value is -0.120. The molecule has 0 radical (unpaired) electrons. The molecule has 2 heterocycles. The van der Waals surface area contributed by atoms with Crippen LogP contribution >= 0.6 is 0 Å². The molecule has 0 atom stereocenters. The van der Waals surface area contributed by atoms with Crippen molar-refractivity contribution in [3.05, 3.63) is 0 Å². The van der Waals surface area contributed by atoms with Gasteiger partial charge in [-0.3, -0.25) is 9.80 Å². The molecule has 3 nitrogen and oxygen atoms in total. The summed E-state index contributed by atoms with van der Waals surface area (Å²) >= 11 is 0. The molecule has 2 aliphatic rings. The highest BCUT2D eigenvalue weighted by Crippen LogP contribution is 2.18. The average Bonchev–Trinajstić information content (AvgIpc) is 2.29. The topological polar surface area (TPSA) is 15.7 Å². The van der Waals surface area contributed by atoms with Crippen molar-refractivity contribution >= 4 is 0 Å². The minimum atomic E-state index is 0.717. The Labute approximate surface area is 87.0 Å². The van der Waals surface area contributed by atoms with Gasteiger partial charge in [-0.1, -0.05) is 0 Å². The molecule has 2 aliphatic heterocycles. The summed E-state index contributed by atoms with van der Waals surface area (Å²) in [6.07, 6.45) is 1.21. The van der Waals surface area contributed by atoms with Gasteiger partial charge in [0.15, 0.2) is 0 Å². The molecule has 0 aromatic carbocycles. The molecule has 0 aromatic rings. The van der Waals surface area contributed by atoms with E-state index in [1.165, 1.54) is 26.1 Å². The van der Waals surface area contributed by atoms with E-state index in [4.69, 9.17) is 4.74 Å². The molecule has 82 valence electrons. The highest BCUT2D eigenvalue weighted by molar-refractivity contribution is 4.89. The fourth-order valence-corrected chi connectivity index (χ4v) is 2.27. The molecule has 0 spiro atoms. The monoisotopic (exact) mass is 198 g/mol. The van der Waals surface area contributed by atoms with Gasteiger partial charge in [0.1, 0.15) is 0 Å². The van der Waals surface area contributed by atoms with Gasteiger partial charge in [-0.25, -0.2) is 0 Å².